The Balaban J connectivity index is 1.65. The molecule has 1 amide bonds. The number of likely N-dealkylation sites (tertiary alicyclic amines) is 1. The average molecular weight is 319 g/mol. The molecule has 3 N–H and O–H groups in total. The van der Waals surface area contributed by atoms with Crippen molar-refractivity contribution in [2.45, 2.75) is 39.3 Å². The van der Waals surface area contributed by atoms with Gasteiger partial charge in [-0.2, -0.15) is 0 Å². The summed E-state index contributed by atoms with van der Waals surface area (Å²) in [5.41, 5.74) is 1.94. The number of aliphatic hydroxyl groups is 1. The lowest BCUT2D eigenvalue weighted by molar-refractivity contribution is -0.114. The van der Waals surface area contributed by atoms with Gasteiger partial charge in [-0.05, 0) is 49.5 Å². The number of carbonyl (C=O) groups is 1. The first-order valence-electron chi connectivity index (χ1n) is 8.50. The Morgan fingerprint density at radius 1 is 1.30 bits per heavy atom. The first kappa shape index (κ1) is 17.9. The maximum absolute atomic E-state index is 11.0. The van der Waals surface area contributed by atoms with Crippen LogP contribution in [0.5, 0.6) is 0 Å². The molecule has 23 heavy (non-hydrogen) atoms. The van der Waals surface area contributed by atoms with E-state index < -0.39 is 0 Å². The van der Waals surface area contributed by atoms with Gasteiger partial charge in [0.25, 0.3) is 0 Å². The lowest BCUT2D eigenvalue weighted by atomic mass is 9.99. The molecule has 1 atom stereocenters. The highest BCUT2D eigenvalue weighted by Crippen LogP contribution is 2.15. The minimum Gasteiger partial charge on any atom is -0.390 e. The normalized spacial score (nSPS) is 17.9. The molecule has 1 aromatic rings. The molecule has 1 aliphatic heterocycles. The predicted molar refractivity (Wildman–Crippen MR) is 93.3 cm³/mol. The summed E-state index contributed by atoms with van der Waals surface area (Å²) in [6.07, 6.45) is 2.14. The summed E-state index contributed by atoms with van der Waals surface area (Å²) in [7, 11) is 0. The molecule has 5 nitrogen and oxygen atoms in total. The van der Waals surface area contributed by atoms with E-state index in [0.29, 0.717) is 13.1 Å². The van der Waals surface area contributed by atoms with Crippen molar-refractivity contribution in [2.24, 2.45) is 5.92 Å². The second-order valence-corrected chi connectivity index (χ2v) is 6.65. The first-order valence-corrected chi connectivity index (χ1v) is 8.50. The van der Waals surface area contributed by atoms with Crippen LogP contribution in [0.2, 0.25) is 0 Å². The molecule has 1 fully saturated rings. The molecule has 0 spiro atoms. The monoisotopic (exact) mass is 319 g/mol. The van der Waals surface area contributed by atoms with Crippen LogP contribution in [0.25, 0.3) is 0 Å². The minimum absolute atomic E-state index is 0.0638. The number of nitrogens with one attached hydrogen (secondary N) is 2. The zero-order valence-corrected chi connectivity index (χ0v) is 14.2. The van der Waals surface area contributed by atoms with Gasteiger partial charge in [0.1, 0.15) is 0 Å². The molecular weight excluding hydrogens is 290 g/mol. The molecule has 2 rings (SSSR count). The van der Waals surface area contributed by atoms with E-state index in [2.05, 4.69) is 22.5 Å². The van der Waals surface area contributed by atoms with Crippen molar-refractivity contribution in [3.05, 3.63) is 29.8 Å². The fraction of sp³-hybridized carbons (Fsp3) is 0.611. The maximum Gasteiger partial charge on any atom is 0.221 e. The molecule has 1 unspecified atom stereocenters. The zero-order valence-electron chi connectivity index (χ0n) is 14.2. The van der Waals surface area contributed by atoms with E-state index >= 15 is 0 Å². The highest BCUT2D eigenvalue weighted by molar-refractivity contribution is 5.88. The highest BCUT2D eigenvalue weighted by Gasteiger charge is 2.17. The topological polar surface area (TPSA) is 64.6 Å². The summed E-state index contributed by atoms with van der Waals surface area (Å²) in [5, 5.41) is 16.2. The standard InChI is InChI=1S/C18H29N3O2/c1-14-7-9-21(10-8-14)13-18(23)12-19-11-16-3-5-17(6-4-16)20-15(2)22/h3-6,14,18-19,23H,7-13H2,1-2H3,(H,20,22). The third-order valence-electron chi connectivity index (χ3n) is 4.33. The van der Waals surface area contributed by atoms with Crippen LogP contribution >= 0.6 is 0 Å². The summed E-state index contributed by atoms with van der Waals surface area (Å²) < 4.78 is 0. The number of anilines is 1. The van der Waals surface area contributed by atoms with Crippen LogP contribution < -0.4 is 10.6 Å². The van der Waals surface area contributed by atoms with Crippen molar-refractivity contribution in [3.8, 4) is 0 Å². The zero-order chi connectivity index (χ0) is 16.7. The smallest absolute Gasteiger partial charge is 0.221 e. The van der Waals surface area contributed by atoms with E-state index in [9.17, 15) is 9.90 Å². The summed E-state index contributed by atoms with van der Waals surface area (Å²) in [5.74, 6) is 0.757. The molecule has 1 heterocycles. The van der Waals surface area contributed by atoms with Gasteiger partial charge in [0.05, 0.1) is 6.10 Å². The van der Waals surface area contributed by atoms with E-state index in [4.69, 9.17) is 0 Å². The molecule has 0 aromatic heterocycles. The largest absolute Gasteiger partial charge is 0.390 e. The number of hydrogen-bond donors (Lipinski definition) is 3. The van der Waals surface area contributed by atoms with Gasteiger partial charge < -0.3 is 20.6 Å². The molecule has 0 bridgehead atoms. The van der Waals surface area contributed by atoms with Gasteiger partial charge >= 0.3 is 0 Å². The molecule has 1 saturated heterocycles. The molecule has 0 radical (unpaired) electrons. The Morgan fingerprint density at radius 3 is 2.57 bits per heavy atom. The van der Waals surface area contributed by atoms with Gasteiger partial charge in [-0.25, -0.2) is 0 Å². The Bertz CT molecular complexity index is 482. The van der Waals surface area contributed by atoms with Gasteiger partial charge in [-0.15, -0.1) is 0 Å². The second-order valence-electron chi connectivity index (χ2n) is 6.65. The summed E-state index contributed by atoms with van der Waals surface area (Å²) in [4.78, 5) is 13.3. The summed E-state index contributed by atoms with van der Waals surface area (Å²) in [6, 6.07) is 7.75. The summed E-state index contributed by atoms with van der Waals surface area (Å²) >= 11 is 0. The number of nitrogens with zero attached hydrogens (tertiary/aromatic N) is 1. The first-order chi connectivity index (χ1) is 11.0. The lowest BCUT2D eigenvalue weighted by Crippen LogP contribution is -2.41. The van der Waals surface area contributed by atoms with Crippen molar-refractivity contribution in [2.75, 3.05) is 31.5 Å². The number of aliphatic hydroxyl groups excluding tert-OH is 1. The summed E-state index contributed by atoms with van der Waals surface area (Å²) in [6.45, 7) is 8.06. The van der Waals surface area contributed by atoms with E-state index in [-0.39, 0.29) is 12.0 Å². The van der Waals surface area contributed by atoms with Crippen LogP contribution in [0.4, 0.5) is 5.69 Å². The van der Waals surface area contributed by atoms with Crippen LogP contribution in [0, 0.1) is 5.92 Å². The molecule has 128 valence electrons. The third-order valence-corrected chi connectivity index (χ3v) is 4.33. The number of rotatable bonds is 7. The molecule has 5 heteroatoms. The van der Waals surface area contributed by atoms with Gasteiger partial charge in [0.2, 0.25) is 5.91 Å². The van der Waals surface area contributed by atoms with Crippen molar-refractivity contribution in [1.29, 1.82) is 0 Å². The quantitative estimate of drug-likeness (QED) is 0.717. The fourth-order valence-corrected chi connectivity index (χ4v) is 2.90. The number of carbonyl (C=O) groups excluding carboxylic acids is 1. The Hall–Kier alpha value is -1.43. The Morgan fingerprint density at radius 2 is 1.96 bits per heavy atom. The van der Waals surface area contributed by atoms with E-state index in [1.807, 2.05) is 24.3 Å². The van der Waals surface area contributed by atoms with Crippen LogP contribution in [-0.2, 0) is 11.3 Å². The maximum atomic E-state index is 11.0. The third kappa shape index (κ3) is 6.69. The molecular formula is C18H29N3O2. The van der Waals surface area contributed by atoms with E-state index in [0.717, 1.165) is 36.8 Å². The number of β-amino-alcohol motifs (C(OH)–C–C–N with tert-alkyl or cyclic N) is 1. The van der Waals surface area contributed by atoms with Crippen LogP contribution in [0.1, 0.15) is 32.3 Å². The Labute approximate surface area is 139 Å². The molecule has 0 aliphatic carbocycles. The van der Waals surface area contributed by atoms with Gasteiger partial charge in [-0.1, -0.05) is 19.1 Å². The van der Waals surface area contributed by atoms with Gasteiger partial charge in [-0.3, -0.25) is 4.79 Å². The SMILES string of the molecule is CC(=O)Nc1ccc(CNCC(O)CN2CCC(C)CC2)cc1. The van der Waals surface area contributed by atoms with Gasteiger partial charge in [0, 0.05) is 32.2 Å². The number of benzene rings is 1. The van der Waals surface area contributed by atoms with E-state index in [1.54, 1.807) is 0 Å². The van der Waals surface area contributed by atoms with Crippen LogP contribution in [0.3, 0.4) is 0 Å². The predicted octanol–water partition coefficient (Wildman–Crippen LogP) is 1.83. The molecule has 1 aromatic carbocycles. The molecule has 1 aliphatic rings. The lowest BCUT2D eigenvalue weighted by Gasteiger charge is -2.31. The van der Waals surface area contributed by atoms with Crippen LogP contribution in [-0.4, -0.2) is 48.2 Å². The van der Waals surface area contributed by atoms with Crippen molar-refractivity contribution in [1.82, 2.24) is 10.2 Å². The van der Waals surface area contributed by atoms with Gasteiger partial charge in [0.15, 0.2) is 0 Å². The molecule has 0 saturated carbocycles. The van der Waals surface area contributed by atoms with E-state index in [1.165, 1.54) is 19.8 Å². The van der Waals surface area contributed by atoms with Crippen molar-refractivity contribution in [3.63, 3.8) is 0 Å². The fourth-order valence-electron chi connectivity index (χ4n) is 2.90. The van der Waals surface area contributed by atoms with Crippen molar-refractivity contribution >= 4 is 11.6 Å². The number of piperidine rings is 1. The van der Waals surface area contributed by atoms with Crippen molar-refractivity contribution < 1.29 is 9.90 Å². The number of hydrogen-bond acceptors (Lipinski definition) is 4. The average Bonchev–Trinajstić information content (AvgIpc) is 2.51. The minimum atomic E-state index is -0.331. The number of amides is 1. The Kier molecular flexibility index (Phi) is 7.02. The van der Waals surface area contributed by atoms with Crippen LogP contribution in [0.15, 0.2) is 24.3 Å². The highest BCUT2D eigenvalue weighted by atomic mass is 16.3. The second kappa shape index (κ2) is 9.01.